The van der Waals surface area contributed by atoms with Crippen molar-refractivity contribution in [2.75, 3.05) is 45.9 Å². The number of amides is 1. The van der Waals surface area contributed by atoms with E-state index in [9.17, 15) is 17.6 Å². The number of rotatable bonds is 13. The molecule has 2 aromatic carbocycles. The van der Waals surface area contributed by atoms with Gasteiger partial charge in [-0.1, -0.05) is 42.5 Å². The maximum atomic E-state index is 13.6. The molecule has 1 saturated heterocycles. The Labute approximate surface area is 229 Å². The first kappa shape index (κ1) is 28.7. The molecule has 0 N–H and O–H groups in total. The van der Waals surface area contributed by atoms with Crippen molar-refractivity contribution in [2.45, 2.75) is 19.5 Å². The number of carbonyl (C=O) groups is 1. The van der Waals surface area contributed by atoms with E-state index in [1.807, 2.05) is 30.3 Å². The molecule has 0 aliphatic carbocycles. The van der Waals surface area contributed by atoms with Crippen LogP contribution in [0.5, 0.6) is 0 Å². The van der Waals surface area contributed by atoms with Gasteiger partial charge in [0.15, 0.2) is 0 Å². The highest BCUT2D eigenvalue weighted by atomic mass is 32.2. The van der Waals surface area contributed by atoms with E-state index in [4.69, 9.17) is 9.15 Å². The first-order valence-electron chi connectivity index (χ1n) is 13.0. The highest BCUT2D eigenvalue weighted by Gasteiger charge is 2.26. The third-order valence-electron chi connectivity index (χ3n) is 6.46. The van der Waals surface area contributed by atoms with Crippen LogP contribution in [0.3, 0.4) is 0 Å². The zero-order valence-electron chi connectivity index (χ0n) is 21.8. The predicted octanol–water partition coefficient (Wildman–Crippen LogP) is 3.97. The van der Waals surface area contributed by atoms with Gasteiger partial charge in [-0.3, -0.25) is 9.69 Å². The van der Waals surface area contributed by atoms with E-state index < -0.39 is 10.0 Å². The van der Waals surface area contributed by atoms with Crippen molar-refractivity contribution in [3.8, 4) is 0 Å². The summed E-state index contributed by atoms with van der Waals surface area (Å²) in [6.07, 6.45) is 3.63. The van der Waals surface area contributed by atoms with Gasteiger partial charge in [0.05, 0.1) is 32.6 Å². The summed E-state index contributed by atoms with van der Waals surface area (Å²) >= 11 is 0. The Bertz CT molecular complexity index is 1290. The molecule has 3 aromatic rings. The molecular weight excluding hydrogens is 521 g/mol. The van der Waals surface area contributed by atoms with Gasteiger partial charge in [-0.15, -0.1) is 0 Å². The Hall–Kier alpha value is -3.31. The Morgan fingerprint density at radius 1 is 0.974 bits per heavy atom. The number of carbonyl (C=O) groups excluding carboxylic acids is 1. The van der Waals surface area contributed by atoms with Gasteiger partial charge in [0.2, 0.25) is 15.9 Å². The Kier molecular flexibility index (Phi) is 10.4. The molecular formula is C29H34FN3O5S. The van der Waals surface area contributed by atoms with Gasteiger partial charge in [-0.2, -0.15) is 4.31 Å². The van der Waals surface area contributed by atoms with Crippen LogP contribution in [-0.4, -0.2) is 74.4 Å². The van der Waals surface area contributed by atoms with Gasteiger partial charge >= 0.3 is 0 Å². The first-order chi connectivity index (χ1) is 18.9. The van der Waals surface area contributed by atoms with Crippen molar-refractivity contribution in [2.24, 2.45) is 0 Å². The highest BCUT2D eigenvalue weighted by Crippen LogP contribution is 2.15. The van der Waals surface area contributed by atoms with E-state index in [0.717, 1.165) is 29.6 Å². The summed E-state index contributed by atoms with van der Waals surface area (Å²) in [4.78, 5) is 17.3. The van der Waals surface area contributed by atoms with Crippen molar-refractivity contribution >= 4 is 22.0 Å². The molecule has 0 saturated carbocycles. The van der Waals surface area contributed by atoms with Gasteiger partial charge in [0.1, 0.15) is 11.6 Å². The normalized spacial score (nSPS) is 14.7. The molecule has 1 amide bonds. The van der Waals surface area contributed by atoms with E-state index >= 15 is 0 Å². The number of ether oxygens (including phenoxy) is 1. The molecule has 1 aromatic heterocycles. The minimum absolute atomic E-state index is 0.157. The van der Waals surface area contributed by atoms with E-state index in [0.29, 0.717) is 31.9 Å². The van der Waals surface area contributed by atoms with Crippen molar-refractivity contribution in [1.29, 1.82) is 0 Å². The van der Waals surface area contributed by atoms with Gasteiger partial charge in [0.25, 0.3) is 0 Å². The van der Waals surface area contributed by atoms with Crippen molar-refractivity contribution in [3.05, 3.63) is 101 Å². The number of hydrogen-bond acceptors (Lipinski definition) is 6. The lowest BCUT2D eigenvalue weighted by molar-refractivity contribution is -0.133. The van der Waals surface area contributed by atoms with Crippen molar-refractivity contribution < 1.29 is 26.8 Å². The third kappa shape index (κ3) is 9.14. The summed E-state index contributed by atoms with van der Waals surface area (Å²) in [7, 11) is -3.90. The largest absolute Gasteiger partial charge is 0.467 e. The minimum atomic E-state index is -3.90. The highest BCUT2D eigenvalue weighted by molar-refractivity contribution is 7.92. The second-order valence-electron chi connectivity index (χ2n) is 9.36. The molecule has 8 nitrogen and oxygen atoms in total. The number of sulfonamides is 1. The summed E-state index contributed by atoms with van der Waals surface area (Å²) in [5.74, 6) is -0.180. The SMILES string of the molecule is O=C(CN(CCCN1CCOCC1)S(=O)(=O)C=Cc1ccccc1)N(Cc1ccc(F)cc1)Cc1ccco1. The Morgan fingerprint density at radius 3 is 2.41 bits per heavy atom. The molecule has 4 rings (SSSR count). The molecule has 0 radical (unpaired) electrons. The van der Waals surface area contributed by atoms with Crippen molar-refractivity contribution in [1.82, 2.24) is 14.1 Å². The molecule has 10 heteroatoms. The van der Waals surface area contributed by atoms with Crippen LogP contribution in [0.4, 0.5) is 4.39 Å². The first-order valence-corrected chi connectivity index (χ1v) is 14.5. The molecule has 1 aliphatic heterocycles. The zero-order chi connectivity index (χ0) is 27.5. The summed E-state index contributed by atoms with van der Waals surface area (Å²) in [5, 5.41) is 1.15. The average Bonchev–Trinajstić information content (AvgIpc) is 3.46. The molecule has 1 fully saturated rings. The molecule has 1 aliphatic rings. The average molecular weight is 556 g/mol. The van der Waals surface area contributed by atoms with Crippen LogP contribution >= 0.6 is 0 Å². The third-order valence-corrected chi connectivity index (χ3v) is 7.97. The van der Waals surface area contributed by atoms with Gasteiger partial charge in [-0.05, 0) is 54.4 Å². The zero-order valence-corrected chi connectivity index (χ0v) is 22.6. The van der Waals surface area contributed by atoms with E-state index in [-0.39, 0.29) is 37.9 Å². The number of nitrogens with zero attached hydrogens (tertiary/aromatic N) is 3. The van der Waals surface area contributed by atoms with Crippen LogP contribution in [-0.2, 0) is 32.6 Å². The number of morpholine rings is 1. The Morgan fingerprint density at radius 2 is 1.72 bits per heavy atom. The van der Waals surface area contributed by atoms with Crippen LogP contribution < -0.4 is 0 Å². The summed E-state index contributed by atoms with van der Waals surface area (Å²) < 4.78 is 52.4. The number of benzene rings is 2. The lowest BCUT2D eigenvalue weighted by Crippen LogP contribution is -2.43. The minimum Gasteiger partial charge on any atom is -0.467 e. The Balaban J connectivity index is 1.51. The predicted molar refractivity (Wildman–Crippen MR) is 147 cm³/mol. The summed E-state index contributed by atoms with van der Waals surface area (Å²) in [5.41, 5.74) is 1.47. The van der Waals surface area contributed by atoms with E-state index in [1.165, 1.54) is 33.7 Å². The molecule has 0 unspecified atom stereocenters. The maximum Gasteiger partial charge on any atom is 0.238 e. The molecule has 208 valence electrons. The quantitative estimate of drug-likeness (QED) is 0.317. The van der Waals surface area contributed by atoms with Crippen LogP contribution in [0.1, 0.15) is 23.3 Å². The molecule has 2 heterocycles. The fraction of sp³-hybridized carbons (Fsp3) is 0.345. The van der Waals surface area contributed by atoms with Crippen molar-refractivity contribution in [3.63, 3.8) is 0 Å². The van der Waals surface area contributed by atoms with E-state index in [2.05, 4.69) is 4.90 Å². The van der Waals surface area contributed by atoms with Crippen LogP contribution in [0.25, 0.3) is 6.08 Å². The topological polar surface area (TPSA) is 83.3 Å². The monoisotopic (exact) mass is 555 g/mol. The summed E-state index contributed by atoms with van der Waals surface area (Å²) in [6.45, 7) is 3.82. The fourth-order valence-electron chi connectivity index (χ4n) is 4.29. The molecule has 39 heavy (non-hydrogen) atoms. The standard InChI is InChI=1S/C29H34FN3O5S/c30-27-11-9-26(10-12-27)22-32(23-28-8-4-18-38-28)29(34)24-33(15-5-14-31-16-19-37-20-17-31)39(35,36)21-13-25-6-2-1-3-7-25/h1-4,6-13,18,21H,5,14-17,19-20,22-24H2. The van der Waals surface area contributed by atoms with Gasteiger partial charge in [-0.25, -0.2) is 12.8 Å². The van der Waals surface area contributed by atoms with Gasteiger partial charge in [0, 0.05) is 31.6 Å². The molecule has 0 atom stereocenters. The van der Waals surface area contributed by atoms with E-state index in [1.54, 1.807) is 24.3 Å². The molecule has 0 bridgehead atoms. The lowest BCUT2D eigenvalue weighted by Gasteiger charge is -2.29. The smallest absolute Gasteiger partial charge is 0.238 e. The lowest BCUT2D eigenvalue weighted by atomic mass is 10.2. The second kappa shape index (κ2) is 14.2. The summed E-state index contributed by atoms with van der Waals surface area (Å²) in [6, 6.07) is 18.5. The van der Waals surface area contributed by atoms with Crippen LogP contribution in [0, 0.1) is 5.82 Å². The van der Waals surface area contributed by atoms with Crippen LogP contribution in [0.15, 0.2) is 82.8 Å². The number of furan rings is 1. The number of halogens is 1. The molecule has 0 spiro atoms. The second-order valence-corrected chi connectivity index (χ2v) is 11.2. The maximum absolute atomic E-state index is 13.6. The fourth-order valence-corrected chi connectivity index (χ4v) is 5.47. The number of hydrogen-bond donors (Lipinski definition) is 0. The van der Waals surface area contributed by atoms with Gasteiger partial charge < -0.3 is 14.1 Å². The van der Waals surface area contributed by atoms with Crippen LogP contribution in [0.2, 0.25) is 0 Å².